The molecule has 0 rings (SSSR count). The first-order chi connectivity index (χ1) is 7.20. The molecule has 0 radical (unpaired) electrons. The van der Waals surface area contributed by atoms with E-state index in [1.807, 2.05) is 13.8 Å². The molecule has 0 saturated carbocycles. The summed E-state index contributed by atoms with van der Waals surface area (Å²) in [7, 11) is 3.31. The summed E-state index contributed by atoms with van der Waals surface area (Å²) in [5, 5.41) is 2.92. The van der Waals surface area contributed by atoms with E-state index < -0.39 is 12.6 Å². The molecule has 0 saturated heterocycles. The van der Waals surface area contributed by atoms with Crippen LogP contribution in [0.25, 0.3) is 0 Å². The fraction of sp³-hybridized carbons (Fsp3) is 1.00. The van der Waals surface area contributed by atoms with E-state index in [9.17, 15) is 13.2 Å². The number of hydrogen-bond acceptors (Lipinski definition) is 2. The third-order valence-electron chi connectivity index (χ3n) is 2.83. The predicted octanol–water partition coefficient (Wildman–Crippen LogP) is 3.12. The average molecular weight is 241 g/mol. The Hall–Kier alpha value is -0.290. The molecule has 1 unspecified atom stereocenters. The molecular weight excluding hydrogens is 219 g/mol. The van der Waals surface area contributed by atoms with Crippen molar-refractivity contribution in [1.82, 2.24) is 5.32 Å². The average Bonchev–Trinajstić information content (AvgIpc) is 2.16. The molecule has 0 aliphatic rings. The van der Waals surface area contributed by atoms with Gasteiger partial charge >= 0.3 is 6.18 Å². The molecule has 0 aliphatic heterocycles. The smallest absolute Gasteiger partial charge is 0.379 e. The number of nitrogens with one attached hydrogen (secondary N) is 1. The summed E-state index contributed by atoms with van der Waals surface area (Å²) in [4.78, 5) is 0. The Labute approximate surface area is 95.5 Å². The van der Waals surface area contributed by atoms with Crippen LogP contribution < -0.4 is 5.32 Å². The van der Waals surface area contributed by atoms with Gasteiger partial charge in [-0.3, -0.25) is 0 Å². The van der Waals surface area contributed by atoms with Gasteiger partial charge in [0.05, 0.1) is 5.60 Å². The predicted molar refractivity (Wildman–Crippen MR) is 58.5 cm³/mol. The topological polar surface area (TPSA) is 21.3 Å². The lowest BCUT2D eigenvalue weighted by Gasteiger charge is -2.26. The van der Waals surface area contributed by atoms with Crippen LogP contribution in [0.4, 0.5) is 13.2 Å². The molecule has 0 fully saturated rings. The molecule has 1 N–H and O–H groups in total. The van der Waals surface area contributed by atoms with E-state index in [0.29, 0.717) is 6.42 Å². The lowest BCUT2D eigenvalue weighted by molar-refractivity contribution is -0.136. The summed E-state index contributed by atoms with van der Waals surface area (Å²) in [5.41, 5.74) is -0.271. The summed E-state index contributed by atoms with van der Waals surface area (Å²) in [6.45, 7) is 3.87. The maximum absolute atomic E-state index is 12.0. The highest BCUT2D eigenvalue weighted by atomic mass is 19.4. The Morgan fingerprint density at radius 2 is 1.62 bits per heavy atom. The Morgan fingerprint density at radius 1 is 1.12 bits per heavy atom. The monoisotopic (exact) mass is 241 g/mol. The molecule has 1 atom stereocenters. The molecule has 98 valence electrons. The van der Waals surface area contributed by atoms with Gasteiger partial charge in [0, 0.05) is 19.6 Å². The van der Waals surface area contributed by atoms with Crippen LogP contribution >= 0.6 is 0 Å². The number of hydrogen-bond donors (Lipinski definition) is 1. The fourth-order valence-electron chi connectivity index (χ4n) is 1.39. The van der Waals surface area contributed by atoms with E-state index in [4.69, 9.17) is 4.74 Å². The first-order valence-corrected chi connectivity index (χ1v) is 5.49. The number of methoxy groups -OCH3 is 1. The molecule has 5 heteroatoms. The Balaban J connectivity index is 3.93. The minimum absolute atomic E-state index is 0.101. The zero-order valence-corrected chi connectivity index (χ0v) is 10.4. The van der Waals surface area contributed by atoms with Crippen LogP contribution in [-0.4, -0.2) is 32.0 Å². The maximum Gasteiger partial charge on any atom is 0.389 e. The first kappa shape index (κ1) is 15.7. The highest BCUT2D eigenvalue weighted by Crippen LogP contribution is 2.24. The minimum atomic E-state index is -4.06. The van der Waals surface area contributed by atoms with Crippen LogP contribution in [0.1, 0.15) is 39.5 Å². The molecule has 0 aromatic carbocycles. The van der Waals surface area contributed by atoms with Gasteiger partial charge in [-0.2, -0.15) is 13.2 Å². The number of rotatable bonds is 7. The lowest BCUT2D eigenvalue weighted by atomic mass is 9.96. The van der Waals surface area contributed by atoms with Crippen molar-refractivity contribution in [2.45, 2.75) is 57.3 Å². The number of ether oxygens (including phenoxy) is 1. The van der Waals surface area contributed by atoms with Gasteiger partial charge in [-0.1, -0.05) is 0 Å². The van der Waals surface area contributed by atoms with Crippen molar-refractivity contribution in [2.24, 2.45) is 0 Å². The molecule has 0 bridgehead atoms. The second kappa shape index (κ2) is 6.45. The Bertz CT molecular complexity index is 192. The molecule has 0 spiro atoms. The summed E-state index contributed by atoms with van der Waals surface area (Å²) in [6, 6.07) is -0.101. The van der Waals surface area contributed by atoms with Gasteiger partial charge in [-0.05, 0) is 40.2 Å². The van der Waals surface area contributed by atoms with E-state index >= 15 is 0 Å². The largest absolute Gasteiger partial charge is 0.389 e. The van der Waals surface area contributed by atoms with Crippen LogP contribution in [-0.2, 0) is 4.74 Å². The summed E-state index contributed by atoms with van der Waals surface area (Å²) in [6.07, 6.45) is -3.24. The van der Waals surface area contributed by atoms with Crippen LogP contribution in [0.2, 0.25) is 0 Å². The summed E-state index contributed by atoms with van der Waals surface area (Å²) < 4.78 is 41.3. The van der Waals surface area contributed by atoms with Crippen molar-refractivity contribution in [1.29, 1.82) is 0 Å². The van der Waals surface area contributed by atoms with Crippen molar-refractivity contribution in [3.05, 3.63) is 0 Å². The Kier molecular flexibility index (Phi) is 6.33. The van der Waals surface area contributed by atoms with Gasteiger partial charge in [0.15, 0.2) is 0 Å². The SMILES string of the molecule is CNC(CCC(F)(F)F)CCC(C)(C)OC. The molecular formula is C11H22F3NO. The van der Waals surface area contributed by atoms with Gasteiger partial charge < -0.3 is 10.1 Å². The van der Waals surface area contributed by atoms with E-state index in [1.54, 1.807) is 14.2 Å². The number of halogens is 3. The van der Waals surface area contributed by atoms with E-state index in [1.165, 1.54) is 0 Å². The van der Waals surface area contributed by atoms with Crippen LogP contribution in [0.5, 0.6) is 0 Å². The van der Waals surface area contributed by atoms with E-state index in [-0.39, 0.29) is 18.1 Å². The van der Waals surface area contributed by atoms with Crippen molar-refractivity contribution in [2.75, 3.05) is 14.2 Å². The van der Waals surface area contributed by atoms with Crippen molar-refractivity contribution >= 4 is 0 Å². The third-order valence-corrected chi connectivity index (χ3v) is 2.83. The highest BCUT2D eigenvalue weighted by Gasteiger charge is 2.28. The Morgan fingerprint density at radius 3 is 2.00 bits per heavy atom. The van der Waals surface area contributed by atoms with E-state index in [0.717, 1.165) is 6.42 Å². The second-order valence-corrected chi connectivity index (χ2v) is 4.64. The van der Waals surface area contributed by atoms with Gasteiger partial charge in [0.1, 0.15) is 0 Å². The van der Waals surface area contributed by atoms with Crippen molar-refractivity contribution in [3.63, 3.8) is 0 Å². The zero-order chi connectivity index (χ0) is 12.8. The molecule has 0 aromatic rings. The highest BCUT2D eigenvalue weighted by molar-refractivity contribution is 4.74. The summed E-state index contributed by atoms with van der Waals surface area (Å²) >= 11 is 0. The van der Waals surface area contributed by atoms with Gasteiger partial charge in [0.2, 0.25) is 0 Å². The van der Waals surface area contributed by atoms with Crippen LogP contribution in [0.15, 0.2) is 0 Å². The van der Waals surface area contributed by atoms with Crippen LogP contribution in [0.3, 0.4) is 0 Å². The van der Waals surface area contributed by atoms with Gasteiger partial charge in [-0.25, -0.2) is 0 Å². The molecule has 16 heavy (non-hydrogen) atoms. The van der Waals surface area contributed by atoms with Gasteiger partial charge in [0.25, 0.3) is 0 Å². The molecule has 0 amide bonds. The quantitative estimate of drug-likeness (QED) is 0.739. The second-order valence-electron chi connectivity index (χ2n) is 4.64. The van der Waals surface area contributed by atoms with Crippen LogP contribution in [0, 0.1) is 0 Å². The maximum atomic E-state index is 12.0. The van der Waals surface area contributed by atoms with E-state index in [2.05, 4.69) is 5.32 Å². The fourth-order valence-corrected chi connectivity index (χ4v) is 1.39. The lowest BCUT2D eigenvalue weighted by Crippen LogP contribution is -2.31. The molecule has 0 aliphatic carbocycles. The zero-order valence-electron chi connectivity index (χ0n) is 10.4. The van der Waals surface area contributed by atoms with Crippen molar-refractivity contribution < 1.29 is 17.9 Å². The molecule has 0 heterocycles. The summed E-state index contributed by atoms with van der Waals surface area (Å²) in [5.74, 6) is 0. The van der Waals surface area contributed by atoms with Crippen molar-refractivity contribution in [3.8, 4) is 0 Å². The van der Waals surface area contributed by atoms with Gasteiger partial charge in [-0.15, -0.1) is 0 Å². The first-order valence-electron chi connectivity index (χ1n) is 5.49. The minimum Gasteiger partial charge on any atom is -0.379 e. The molecule has 2 nitrogen and oxygen atoms in total. The number of alkyl halides is 3. The standard InChI is InChI=1S/C11H22F3NO/c1-10(2,16-4)7-5-9(15-3)6-8-11(12,13)14/h9,15H,5-8H2,1-4H3. The third kappa shape index (κ3) is 7.93. The normalized spacial score (nSPS) is 15.2. The molecule has 0 aromatic heterocycles.